The molecule has 0 amide bonds. The molecule has 0 saturated heterocycles. The number of carbonyl (C=O) groups is 1. The van der Waals surface area contributed by atoms with E-state index in [4.69, 9.17) is 37.4 Å². The summed E-state index contributed by atoms with van der Waals surface area (Å²) in [6, 6.07) is 10.2. The molecule has 2 aliphatic rings. The molecule has 2 bridgehead atoms. The molecule has 10 heteroatoms. The molecule has 2 saturated carbocycles. The van der Waals surface area contributed by atoms with Gasteiger partial charge in [0.15, 0.2) is 0 Å². The molecule has 2 aromatic carbocycles. The summed E-state index contributed by atoms with van der Waals surface area (Å²) in [5.41, 5.74) is 1.88. The van der Waals surface area contributed by atoms with Crippen LogP contribution >= 0.6 is 34.5 Å². The average molecular weight is 573 g/mol. The molecule has 2 N–H and O–H groups in total. The van der Waals surface area contributed by atoms with Crippen LogP contribution in [0.25, 0.3) is 21.5 Å². The maximum Gasteiger partial charge on any atom is 0.335 e. The Morgan fingerprint density at radius 1 is 1.21 bits per heavy atom. The van der Waals surface area contributed by atoms with Gasteiger partial charge in [-0.15, -0.1) is 11.3 Å². The van der Waals surface area contributed by atoms with Crippen LogP contribution in [0.4, 0.5) is 0 Å². The van der Waals surface area contributed by atoms with Gasteiger partial charge in [-0.2, -0.15) is 0 Å². The molecule has 2 heterocycles. The van der Waals surface area contributed by atoms with Crippen LogP contribution in [0, 0.1) is 24.7 Å². The first-order valence-electron chi connectivity index (χ1n) is 12.5. The number of aliphatic hydroxyl groups is 1. The number of hydrogen-bond donors (Lipinski definition) is 2. The lowest BCUT2D eigenvalue weighted by atomic mass is 9.72. The van der Waals surface area contributed by atoms with Gasteiger partial charge in [-0.05, 0) is 74.3 Å². The normalized spacial score (nSPS) is 26.8. The number of aromatic nitrogens is 2. The summed E-state index contributed by atoms with van der Waals surface area (Å²) in [7, 11) is 0. The summed E-state index contributed by atoms with van der Waals surface area (Å²) in [4.78, 5) is 16.2. The van der Waals surface area contributed by atoms with Crippen molar-refractivity contribution in [2.75, 3.05) is 0 Å². The maximum absolute atomic E-state index is 12.1. The zero-order chi connectivity index (χ0) is 26.8. The second-order valence-corrected chi connectivity index (χ2v) is 12.3. The number of carboxylic acids is 1. The Bertz CT molecular complexity index is 1530. The van der Waals surface area contributed by atoms with Crippen molar-refractivity contribution in [1.29, 1.82) is 0 Å². The van der Waals surface area contributed by atoms with Crippen LogP contribution in [0.2, 0.25) is 10.0 Å². The highest BCUT2D eigenvalue weighted by Gasteiger charge is 2.59. The smallest absolute Gasteiger partial charge is 0.335 e. The maximum atomic E-state index is 12.1. The molecule has 4 aromatic rings. The van der Waals surface area contributed by atoms with Gasteiger partial charge in [0.25, 0.3) is 0 Å². The quantitative estimate of drug-likeness (QED) is 0.253. The number of carboxylic acid groups (broad SMARTS) is 1. The van der Waals surface area contributed by atoms with Crippen LogP contribution in [0.15, 0.2) is 40.9 Å². The van der Waals surface area contributed by atoms with Gasteiger partial charge >= 0.3 is 5.97 Å². The minimum absolute atomic E-state index is 0.0122. The first-order chi connectivity index (χ1) is 18.2. The Balaban J connectivity index is 1.24. The van der Waals surface area contributed by atoms with Gasteiger partial charge in [0, 0.05) is 11.1 Å². The van der Waals surface area contributed by atoms with E-state index < -0.39 is 11.6 Å². The van der Waals surface area contributed by atoms with Gasteiger partial charge in [-0.1, -0.05) is 41.3 Å². The predicted molar refractivity (Wildman–Crippen MR) is 146 cm³/mol. The molecule has 5 atom stereocenters. The Labute approximate surface area is 233 Å². The summed E-state index contributed by atoms with van der Waals surface area (Å²) in [6.07, 6.45) is 2.22. The van der Waals surface area contributed by atoms with E-state index in [9.17, 15) is 15.0 Å². The fourth-order valence-electron chi connectivity index (χ4n) is 6.29. The van der Waals surface area contributed by atoms with Crippen molar-refractivity contribution in [3.8, 4) is 11.3 Å². The summed E-state index contributed by atoms with van der Waals surface area (Å²) in [5, 5.41) is 27.3. The number of benzene rings is 2. The Morgan fingerprint density at radius 3 is 2.68 bits per heavy atom. The monoisotopic (exact) mass is 572 g/mol. The third kappa shape index (κ3) is 4.14. The largest absolute Gasteiger partial charge is 0.478 e. The first kappa shape index (κ1) is 25.8. The minimum atomic E-state index is -1.06. The van der Waals surface area contributed by atoms with E-state index in [1.165, 1.54) is 11.3 Å². The summed E-state index contributed by atoms with van der Waals surface area (Å²) >= 11 is 14.3. The molecule has 2 aliphatic carbocycles. The molecule has 2 aromatic heterocycles. The fraction of sp³-hybridized carbons (Fsp3) is 0.393. The standard InChI is InChI=1S/C28H26Cl2N2O5S/c1-13-8-16-10-17(36-12-18-14(2)37-32-25(18)24-20(29)4-3-5-21(24)30)11-19(13)28(16,35)27-31-22-7-6-15(26(33)34)9-23(22)38-27/h3-7,9,13,16-17,19,35H,8,10-12H2,1-2H3,(H,33,34)/t13?,16-,17-,19?,28+/m1/s1. The van der Waals surface area contributed by atoms with E-state index in [2.05, 4.69) is 12.1 Å². The summed E-state index contributed by atoms with van der Waals surface area (Å²) in [6.45, 7) is 4.31. The molecule has 38 heavy (non-hydrogen) atoms. The number of fused-ring (bicyclic) bond motifs is 3. The Morgan fingerprint density at radius 2 is 1.97 bits per heavy atom. The van der Waals surface area contributed by atoms with Crippen molar-refractivity contribution in [2.24, 2.45) is 17.8 Å². The summed E-state index contributed by atoms with van der Waals surface area (Å²) in [5.74, 6) is -0.0617. The highest BCUT2D eigenvalue weighted by molar-refractivity contribution is 7.18. The lowest BCUT2D eigenvalue weighted by molar-refractivity contribution is -0.120. The van der Waals surface area contributed by atoms with Gasteiger partial charge in [0.2, 0.25) is 0 Å². The Hall–Kier alpha value is -2.49. The molecule has 0 spiro atoms. The van der Waals surface area contributed by atoms with E-state index in [-0.39, 0.29) is 23.5 Å². The SMILES string of the molecule is Cc1onc(-c2c(Cl)cccc2Cl)c1CO[C@H]1CC2C(C)C[C@H](C1)[C@@]2(O)c1nc2ccc(C(=O)O)cc2s1. The molecule has 7 nitrogen and oxygen atoms in total. The molecule has 198 valence electrons. The minimum Gasteiger partial charge on any atom is -0.478 e. The molecule has 2 unspecified atom stereocenters. The second kappa shape index (κ2) is 9.61. The predicted octanol–water partition coefficient (Wildman–Crippen LogP) is 7.10. The second-order valence-electron chi connectivity index (χ2n) is 10.4. The van der Waals surface area contributed by atoms with Crippen molar-refractivity contribution in [3.63, 3.8) is 0 Å². The van der Waals surface area contributed by atoms with Crippen LogP contribution in [0.3, 0.4) is 0 Å². The van der Waals surface area contributed by atoms with Crippen LogP contribution in [0.1, 0.15) is 52.9 Å². The number of aryl methyl sites for hydroxylation is 1. The number of thiazole rings is 1. The number of halogens is 2. The first-order valence-corrected chi connectivity index (χ1v) is 14.1. The van der Waals surface area contributed by atoms with E-state index in [1.54, 1.807) is 36.4 Å². The van der Waals surface area contributed by atoms with Crippen LogP contribution in [-0.4, -0.2) is 32.4 Å². The van der Waals surface area contributed by atoms with Crippen molar-refractivity contribution in [2.45, 2.75) is 51.4 Å². The van der Waals surface area contributed by atoms with E-state index in [0.29, 0.717) is 63.0 Å². The number of nitrogens with zero attached hydrogens (tertiary/aromatic N) is 2. The topological polar surface area (TPSA) is 106 Å². The van der Waals surface area contributed by atoms with Crippen molar-refractivity contribution >= 4 is 50.7 Å². The fourth-order valence-corrected chi connectivity index (χ4v) is 8.11. The van der Waals surface area contributed by atoms with Gasteiger partial charge in [-0.3, -0.25) is 0 Å². The lowest BCUT2D eigenvalue weighted by Gasteiger charge is -2.41. The molecule has 0 radical (unpaired) electrons. The number of rotatable bonds is 6. The highest BCUT2D eigenvalue weighted by Crippen LogP contribution is 2.59. The third-order valence-electron chi connectivity index (χ3n) is 8.22. The molecular formula is C28H26Cl2N2O5S. The van der Waals surface area contributed by atoms with E-state index >= 15 is 0 Å². The molecule has 6 rings (SSSR count). The molecule has 2 fully saturated rings. The van der Waals surface area contributed by atoms with Crippen LogP contribution in [0.5, 0.6) is 0 Å². The van der Waals surface area contributed by atoms with Crippen molar-refractivity contribution in [1.82, 2.24) is 10.1 Å². The number of hydrogen-bond acceptors (Lipinski definition) is 7. The Kier molecular flexibility index (Phi) is 6.52. The van der Waals surface area contributed by atoms with Crippen molar-refractivity contribution in [3.05, 3.63) is 68.3 Å². The van der Waals surface area contributed by atoms with E-state index in [0.717, 1.165) is 16.7 Å². The zero-order valence-electron chi connectivity index (χ0n) is 20.8. The number of aromatic carboxylic acids is 1. The van der Waals surface area contributed by atoms with E-state index in [1.807, 2.05) is 6.92 Å². The average Bonchev–Trinajstić information content (AvgIpc) is 3.49. The molecule has 0 aliphatic heterocycles. The van der Waals surface area contributed by atoms with Crippen LogP contribution in [-0.2, 0) is 16.9 Å². The van der Waals surface area contributed by atoms with Gasteiger partial charge in [0.1, 0.15) is 22.1 Å². The van der Waals surface area contributed by atoms with Gasteiger partial charge < -0.3 is 19.5 Å². The third-order valence-corrected chi connectivity index (χ3v) is 10.0. The molecular weight excluding hydrogens is 547 g/mol. The lowest BCUT2D eigenvalue weighted by Crippen LogP contribution is -2.45. The number of ether oxygens (including phenoxy) is 1. The van der Waals surface area contributed by atoms with Crippen LogP contribution < -0.4 is 0 Å². The zero-order valence-corrected chi connectivity index (χ0v) is 23.1. The highest BCUT2D eigenvalue weighted by atomic mass is 35.5. The van der Waals surface area contributed by atoms with Gasteiger partial charge in [0.05, 0.1) is 38.5 Å². The summed E-state index contributed by atoms with van der Waals surface area (Å²) < 4.78 is 12.7. The van der Waals surface area contributed by atoms with Gasteiger partial charge in [-0.25, -0.2) is 9.78 Å². The van der Waals surface area contributed by atoms with Crippen molar-refractivity contribution < 1.29 is 24.3 Å².